The fourth-order valence-corrected chi connectivity index (χ4v) is 5.00. The van der Waals surface area contributed by atoms with Gasteiger partial charge < -0.3 is 10.6 Å². The number of hydrogen-bond acceptors (Lipinski definition) is 4. The highest BCUT2D eigenvalue weighted by Crippen LogP contribution is 2.44. The van der Waals surface area contributed by atoms with Gasteiger partial charge >= 0.3 is 0 Å². The van der Waals surface area contributed by atoms with E-state index in [0.717, 1.165) is 16.8 Å². The van der Waals surface area contributed by atoms with Gasteiger partial charge in [-0.05, 0) is 30.3 Å². The number of rotatable bonds is 2. The monoisotopic (exact) mass is 433 g/mol. The Morgan fingerprint density at radius 3 is 2.92 bits per heavy atom. The van der Waals surface area contributed by atoms with E-state index in [1.807, 2.05) is 18.2 Å². The summed E-state index contributed by atoms with van der Waals surface area (Å²) >= 11 is 4.94. The quantitative estimate of drug-likeness (QED) is 0.761. The van der Waals surface area contributed by atoms with E-state index in [2.05, 4.69) is 26.6 Å². The molecule has 2 aliphatic rings. The molecule has 4 rings (SSSR count). The first-order valence-corrected chi connectivity index (χ1v) is 10.1. The Morgan fingerprint density at radius 1 is 1.31 bits per heavy atom. The Kier molecular flexibility index (Phi) is 4.86. The molecule has 0 saturated carbocycles. The van der Waals surface area contributed by atoms with Gasteiger partial charge in [-0.3, -0.25) is 4.79 Å². The molecule has 7 heteroatoms. The summed E-state index contributed by atoms with van der Waals surface area (Å²) in [5.41, 5.74) is 0.442. The molecule has 2 aromatic carbocycles. The second-order valence-corrected chi connectivity index (χ2v) is 8.35. The zero-order chi connectivity index (χ0) is 18.1. The molecule has 134 valence electrons. The fraction of sp³-hybridized carbons (Fsp3) is 0.263. The first-order valence-electron chi connectivity index (χ1n) is 8.34. The lowest BCUT2D eigenvalue weighted by atomic mass is 9.81. The summed E-state index contributed by atoms with van der Waals surface area (Å²) in [5, 5.41) is 6.77. The predicted octanol–water partition coefficient (Wildman–Crippen LogP) is 3.54. The van der Waals surface area contributed by atoms with Crippen molar-refractivity contribution in [2.24, 2.45) is 10.9 Å². The first kappa shape index (κ1) is 17.7. The van der Waals surface area contributed by atoms with E-state index in [4.69, 9.17) is 4.99 Å². The van der Waals surface area contributed by atoms with Gasteiger partial charge in [0.05, 0.1) is 0 Å². The van der Waals surface area contributed by atoms with Crippen LogP contribution >= 0.6 is 27.7 Å². The van der Waals surface area contributed by atoms with E-state index >= 15 is 0 Å². The second kappa shape index (κ2) is 7.13. The number of aliphatic imine (C=N–C) groups is 1. The van der Waals surface area contributed by atoms with Crippen molar-refractivity contribution in [1.82, 2.24) is 10.6 Å². The third kappa shape index (κ3) is 3.19. The predicted molar refractivity (Wildman–Crippen MR) is 106 cm³/mol. The highest BCUT2D eigenvalue weighted by molar-refractivity contribution is 9.10. The third-order valence-electron chi connectivity index (χ3n) is 4.83. The van der Waals surface area contributed by atoms with Crippen LogP contribution in [0.25, 0.3) is 0 Å². The molecular weight excluding hydrogens is 417 g/mol. The number of amidine groups is 1. The molecule has 2 aromatic rings. The van der Waals surface area contributed by atoms with Crippen molar-refractivity contribution >= 4 is 38.8 Å². The van der Waals surface area contributed by atoms with Crippen LogP contribution in [-0.2, 0) is 5.54 Å². The normalized spacial score (nSPS) is 24.7. The van der Waals surface area contributed by atoms with Gasteiger partial charge in [-0.15, -0.1) is 0 Å². The van der Waals surface area contributed by atoms with Crippen LogP contribution in [0, 0.1) is 11.7 Å². The number of fused-ring (bicyclic) bond motifs is 1. The Morgan fingerprint density at radius 2 is 2.12 bits per heavy atom. The number of carbonyl (C=O) groups is 1. The number of nitrogens with one attached hydrogen (secondary N) is 2. The lowest BCUT2D eigenvalue weighted by Gasteiger charge is -2.36. The van der Waals surface area contributed by atoms with E-state index in [-0.39, 0.29) is 17.6 Å². The number of amides is 1. The molecule has 1 fully saturated rings. The van der Waals surface area contributed by atoms with Gasteiger partial charge in [0.15, 0.2) is 5.17 Å². The first-order chi connectivity index (χ1) is 12.6. The summed E-state index contributed by atoms with van der Waals surface area (Å²) in [7, 11) is 0. The van der Waals surface area contributed by atoms with Gasteiger partial charge in [-0.1, -0.05) is 45.9 Å². The fourth-order valence-electron chi connectivity index (χ4n) is 3.50. The number of hydrogen-bond donors (Lipinski definition) is 2. The molecule has 0 aliphatic carbocycles. The zero-order valence-corrected chi connectivity index (χ0v) is 16.2. The van der Waals surface area contributed by atoms with Crippen molar-refractivity contribution in [3.63, 3.8) is 0 Å². The van der Waals surface area contributed by atoms with E-state index in [0.29, 0.717) is 22.8 Å². The summed E-state index contributed by atoms with van der Waals surface area (Å²) in [5.74, 6) is 0.471. The summed E-state index contributed by atoms with van der Waals surface area (Å²) < 4.78 is 15.4. The largest absolute Gasteiger partial charge is 0.314 e. The maximum Gasteiger partial charge on any atom is 0.257 e. The van der Waals surface area contributed by atoms with Gasteiger partial charge in [0, 0.05) is 40.4 Å². The van der Waals surface area contributed by atoms with E-state index in [1.54, 1.807) is 24.3 Å². The lowest BCUT2D eigenvalue weighted by Crippen LogP contribution is -2.43. The molecule has 0 radical (unpaired) electrons. The minimum absolute atomic E-state index is 0.175. The van der Waals surface area contributed by atoms with E-state index in [1.165, 1.54) is 17.8 Å². The average Bonchev–Trinajstić information content (AvgIpc) is 3.08. The van der Waals surface area contributed by atoms with Gasteiger partial charge in [-0.2, -0.15) is 0 Å². The second-order valence-electron chi connectivity index (χ2n) is 6.42. The molecule has 2 heterocycles. The van der Waals surface area contributed by atoms with E-state index < -0.39 is 5.54 Å². The molecule has 2 N–H and O–H groups in total. The van der Waals surface area contributed by atoms with Crippen LogP contribution in [0.4, 0.5) is 4.39 Å². The molecular formula is C19H17BrFN3OS. The maximum absolute atomic E-state index is 14.6. The third-order valence-corrected chi connectivity index (χ3v) is 6.36. The molecule has 4 nitrogen and oxygen atoms in total. The molecule has 0 bridgehead atoms. The smallest absolute Gasteiger partial charge is 0.257 e. The van der Waals surface area contributed by atoms with Crippen molar-refractivity contribution in [2.75, 3.05) is 18.8 Å². The summed E-state index contributed by atoms with van der Waals surface area (Å²) in [6, 6.07) is 14.0. The highest BCUT2D eigenvalue weighted by Gasteiger charge is 2.48. The molecule has 26 heavy (non-hydrogen) atoms. The van der Waals surface area contributed by atoms with Gasteiger partial charge in [0.1, 0.15) is 11.4 Å². The molecule has 2 aliphatic heterocycles. The number of carbonyl (C=O) groups excluding carboxylic acids is 1. The number of halogens is 2. The number of benzene rings is 2. The molecule has 1 amide bonds. The van der Waals surface area contributed by atoms with Crippen LogP contribution in [-0.4, -0.2) is 29.9 Å². The Labute approximate surface area is 163 Å². The molecule has 0 unspecified atom stereocenters. The maximum atomic E-state index is 14.6. The van der Waals surface area contributed by atoms with Crippen molar-refractivity contribution < 1.29 is 9.18 Å². The molecule has 1 saturated heterocycles. The molecule has 2 atom stereocenters. The number of thioether (sulfide) groups is 1. The topological polar surface area (TPSA) is 53.5 Å². The van der Waals surface area contributed by atoms with Gasteiger partial charge in [-0.25, -0.2) is 9.38 Å². The van der Waals surface area contributed by atoms with Gasteiger partial charge in [0.2, 0.25) is 0 Å². The van der Waals surface area contributed by atoms with Crippen molar-refractivity contribution in [3.05, 3.63) is 69.9 Å². The van der Waals surface area contributed by atoms with Crippen molar-refractivity contribution in [3.8, 4) is 0 Å². The SMILES string of the molecule is O=C(NC1=N[C@@]2(c3cc(Br)ccc3F)CNC[C@H]2CS1)c1ccccc1. The zero-order valence-electron chi connectivity index (χ0n) is 13.8. The minimum atomic E-state index is -0.696. The molecule has 0 aromatic heterocycles. The van der Waals surface area contributed by atoms with Crippen molar-refractivity contribution in [2.45, 2.75) is 5.54 Å². The van der Waals surface area contributed by atoms with Gasteiger partial charge in [0.25, 0.3) is 5.91 Å². The van der Waals surface area contributed by atoms with Crippen LogP contribution in [0.2, 0.25) is 0 Å². The lowest BCUT2D eigenvalue weighted by molar-refractivity contribution is 0.0977. The van der Waals surface area contributed by atoms with Crippen LogP contribution in [0.1, 0.15) is 15.9 Å². The summed E-state index contributed by atoms with van der Waals surface area (Å²) in [6.07, 6.45) is 0. The summed E-state index contributed by atoms with van der Waals surface area (Å²) in [6.45, 7) is 1.33. The Bertz CT molecular complexity index is 876. The van der Waals surface area contributed by atoms with Crippen LogP contribution in [0.5, 0.6) is 0 Å². The average molecular weight is 434 g/mol. The Hall–Kier alpha value is -1.70. The number of nitrogens with zero attached hydrogens (tertiary/aromatic N) is 1. The van der Waals surface area contributed by atoms with Crippen LogP contribution < -0.4 is 10.6 Å². The highest BCUT2D eigenvalue weighted by atomic mass is 79.9. The summed E-state index contributed by atoms with van der Waals surface area (Å²) in [4.78, 5) is 17.3. The van der Waals surface area contributed by atoms with Crippen LogP contribution in [0.15, 0.2) is 58.0 Å². The standard InChI is InChI=1S/C19H17BrFN3OS/c20-14-6-7-16(21)15(8-14)19-11-22-9-13(19)10-26-18(24-19)23-17(25)12-4-2-1-3-5-12/h1-8,13,22H,9-11H2,(H,23,24,25)/t13-,19-/m0/s1. The molecule has 0 spiro atoms. The van der Waals surface area contributed by atoms with Crippen LogP contribution in [0.3, 0.4) is 0 Å². The Balaban J connectivity index is 1.69. The van der Waals surface area contributed by atoms with E-state index in [9.17, 15) is 9.18 Å². The van der Waals surface area contributed by atoms with Crippen molar-refractivity contribution in [1.29, 1.82) is 0 Å². The minimum Gasteiger partial charge on any atom is -0.314 e.